The highest BCUT2D eigenvalue weighted by Gasteiger charge is 2.17. The fraction of sp³-hybridized carbons (Fsp3) is 0.222. The Hall–Kier alpha value is -1.16. The Labute approximate surface area is 77.3 Å². The minimum Gasteiger partial charge on any atom is -0.276 e. The number of carbonyl (C=O) groups is 1. The monoisotopic (exact) mass is 198 g/mol. The molecule has 0 aliphatic rings. The van der Waals surface area contributed by atoms with Gasteiger partial charge in [-0.05, 0) is 13.0 Å². The molecule has 0 radical (unpaired) electrons. The maximum absolute atomic E-state index is 11.2. The summed E-state index contributed by atoms with van der Waals surface area (Å²) >= 11 is 0. The normalized spacial score (nSPS) is 11.2. The van der Waals surface area contributed by atoms with Crippen molar-refractivity contribution in [2.24, 2.45) is 0 Å². The first-order valence-electron chi connectivity index (χ1n) is 3.72. The van der Waals surface area contributed by atoms with Crippen molar-refractivity contribution in [2.75, 3.05) is 6.26 Å². The lowest BCUT2D eigenvalue weighted by Gasteiger charge is -1.98. The molecule has 0 heterocycles. The zero-order valence-corrected chi connectivity index (χ0v) is 8.26. The molecular formula is C9H10O3S. The van der Waals surface area contributed by atoms with E-state index in [0.29, 0.717) is 0 Å². The van der Waals surface area contributed by atoms with Gasteiger partial charge in [0, 0.05) is 11.8 Å². The number of hydrogen-bond donors (Lipinski definition) is 0. The molecule has 0 amide bonds. The lowest BCUT2D eigenvalue weighted by molar-refractivity contribution is 0.107. The van der Waals surface area contributed by atoms with Crippen molar-refractivity contribution < 1.29 is 13.2 Å². The van der Waals surface area contributed by atoms with E-state index < -0.39 is 15.0 Å². The summed E-state index contributed by atoms with van der Waals surface area (Å²) < 4.78 is 21.8. The molecular weight excluding hydrogens is 188 g/mol. The molecule has 1 rings (SSSR count). The van der Waals surface area contributed by atoms with Crippen molar-refractivity contribution in [1.82, 2.24) is 0 Å². The van der Waals surface area contributed by atoms with Crippen LogP contribution in [0.2, 0.25) is 0 Å². The van der Waals surface area contributed by atoms with Crippen LogP contribution in [0.3, 0.4) is 0 Å². The Kier molecular flexibility index (Phi) is 2.52. The minimum atomic E-state index is -3.61. The van der Waals surface area contributed by atoms with E-state index in [1.165, 1.54) is 6.07 Å². The van der Waals surface area contributed by atoms with Gasteiger partial charge in [0.25, 0.3) is 5.12 Å². The van der Waals surface area contributed by atoms with E-state index in [1.54, 1.807) is 25.1 Å². The lowest BCUT2D eigenvalue weighted by Crippen LogP contribution is -2.12. The van der Waals surface area contributed by atoms with Crippen LogP contribution in [0.1, 0.15) is 15.9 Å². The van der Waals surface area contributed by atoms with Gasteiger partial charge >= 0.3 is 0 Å². The summed E-state index contributed by atoms with van der Waals surface area (Å²) in [5, 5.41) is -0.823. The first kappa shape index (κ1) is 9.92. The first-order chi connectivity index (χ1) is 5.91. The lowest BCUT2D eigenvalue weighted by atomic mass is 10.2. The van der Waals surface area contributed by atoms with Gasteiger partial charge in [0.2, 0.25) is 9.84 Å². The van der Waals surface area contributed by atoms with E-state index in [0.717, 1.165) is 11.8 Å². The van der Waals surface area contributed by atoms with Crippen molar-refractivity contribution in [1.29, 1.82) is 0 Å². The highest BCUT2D eigenvalue weighted by Crippen LogP contribution is 2.07. The maximum atomic E-state index is 11.2. The van der Waals surface area contributed by atoms with Crippen molar-refractivity contribution >= 4 is 15.0 Å². The zero-order chi connectivity index (χ0) is 10.1. The maximum Gasteiger partial charge on any atom is 0.276 e. The smallest absolute Gasteiger partial charge is 0.276 e. The van der Waals surface area contributed by atoms with Crippen LogP contribution in [-0.2, 0) is 9.84 Å². The van der Waals surface area contributed by atoms with E-state index in [4.69, 9.17) is 0 Å². The van der Waals surface area contributed by atoms with E-state index >= 15 is 0 Å². The molecule has 0 saturated carbocycles. The third-order valence-corrected chi connectivity index (χ3v) is 2.50. The Bertz CT molecular complexity index is 432. The molecule has 0 bridgehead atoms. The van der Waals surface area contributed by atoms with Gasteiger partial charge in [-0.3, -0.25) is 4.79 Å². The predicted molar refractivity (Wildman–Crippen MR) is 50.4 cm³/mol. The van der Waals surface area contributed by atoms with Crippen molar-refractivity contribution in [3.05, 3.63) is 35.4 Å². The molecule has 0 atom stereocenters. The molecule has 0 spiro atoms. The molecule has 3 nitrogen and oxygen atoms in total. The van der Waals surface area contributed by atoms with Gasteiger partial charge < -0.3 is 0 Å². The van der Waals surface area contributed by atoms with Crippen molar-refractivity contribution in [2.45, 2.75) is 6.92 Å². The highest BCUT2D eigenvalue weighted by atomic mass is 32.2. The van der Waals surface area contributed by atoms with Gasteiger partial charge in [0.05, 0.1) is 0 Å². The van der Waals surface area contributed by atoms with Crippen LogP contribution >= 0.6 is 0 Å². The number of sulfone groups is 1. The Morgan fingerprint density at radius 3 is 2.38 bits per heavy atom. The van der Waals surface area contributed by atoms with Gasteiger partial charge in [-0.2, -0.15) is 0 Å². The fourth-order valence-corrected chi connectivity index (χ4v) is 1.54. The second kappa shape index (κ2) is 3.30. The molecule has 13 heavy (non-hydrogen) atoms. The van der Waals surface area contributed by atoms with E-state index in [9.17, 15) is 13.2 Å². The van der Waals surface area contributed by atoms with Gasteiger partial charge in [-0.1, -0.05) is 23.8 Å². The molecule has 0 unspecified atom stereocenters. The van der Waals surface area contributed by atoms with E-state index in [1.807, 2.05) is 0 Å². The highest BCUT2D eigenvalue weighted by molar-refractivity contribution is 8.06. The summed E-state index contributed by atoms with van der Waals surface area (Å²) in [7, 11) is -3.61. The Morgan fingerprint density at radius 2 is 1.92 bits per heavy atom. The predicted octanol–water partition coefficient (Wildman–Crippen LogP) is 1.18. The second-order valence-electron chi connectivity index (χ2n) is 2.93. The molecule has 1 aromatic carbocycles. The summed E-state index contributed by atoms with van der Waals surface area (Å²) in [6.07, 6.45) is 0.914. The van der Waals surface area contributed by atoms with Crippen LogP contribution in [0.4, 0.5) is 0 Å². The van der Waals surface area contributed by atoms with Crippen molar-refractivity contribution in [3.63, 3.8) is 0 Å². The molecule has 0 fully saturated rings. The topological polar surface area (TPSA) is 51.2 Å². The summed E-state index contributed by atoms with van der Waals surface area (Å²) in [5.41, 5.74) is 1.09. The fourth-order valence-electron chi connectivity index (χ4n) is 0.986. The summed E-state index contributed by atoms with van der Waals surface area (Å²) in [6.45, 7) is 1.80. The summed E-state index contributed by atoms with van der Waals surface area (Å²) in [6, 6.07) is 6.52. The largest absolute Gasteiger partial charge is 0.276 e. The van der Waals surface area contributed by atoms with Crippen LogP contribution in [0.25, 0.3) is 0 Å². The second-order valence-corrected chi connectivity index (χ2v) is 4.84. The molecule has 1 aromatic rings. The third kappa shape index (κ3) is 2.39. The van der Waals surface area contributed by atoms with Crippen LogP contribution in [-0.4, -0.2) is 19.8 Å². The number of hydrogen-bond acceptors (Lipinski definition) is 3. The summed E-state index contributed by atoms with van der Waals surface area (Å²) in [5.74, 6) is 0. The zero-order valence-electron chi connectivity index (χ0n) is 7.44. The Morgan fingerprint density at radius 1 is 1.31 bits per heavy atom. The molecule has 70 valence electrons. The molecule has 4 heteroatoms. The molecule has 0 aromatic heterocycles. The molecule has 0 aliphatic carbocycles. The first-order valence-corrected chi connectivity index (χ1v) is 5.61. The number of rotatable bonds is 1. The van der Waals surface area contributed by atoms with E-state index in [-0.39, 0.29) is 5.56 Å². The molecule has 0 N–H and O–H groups in total. The minimum absolute atomic E-state index is 0.225. The SMILES string of the molecule is Cc1cccc(C(=O)S(C)(=O)=O)c1. The van der Waals surface area contributed by atoms with Gasteiger partial charge in [0.1, 0.15) is 0 Å². The van der Waals surface area contributed by atoms with Crippen LogP contribution in [0, 0.1) is 6.92 Å². The number of benzene rings is 1. The Balaban J connectivity index is 3.18. The third-order valence-electron chi connectivity index (χ3n) is 1.59. The molecule has 0 saturated heterocycles. The molecule has 0 aliphatic heterocycles. The number of aryl methyl sites for hydroxylation is 1. The van der Waals surface area contributed by atoms with Crippen molar-refractivity contribution in [3.8, 4) is 0 Å². The van der Waals surface area contributed by atoms with Crippen LogP contribution in [0.15, 0.2) is 24.3 Å². The van der Waals surface area contributed by atoms with Crippen LogP contribution in [0.5, 0.6) is 0 Å². The van der Waals surface area contributed by atoms with Gasteiger partial charge in [0.15, 0.2) is 0 Å². The quantitative estimate of drug-likeness (QED) is 0.680. The number of carbonyl (C=O) groups excluding carboxylic acids is 1. The van der Waals surface area contributed by atoms with Gasteiger partial charge in [-0.15, -0.1) is 0 Å². The standard InChI is InChI=1S/C9H10O3S/c1-7-4-3-5-8(6-7)9(10)13(2,11)12/h3-6H,1-2H3. The van der Waals surface area contributed by atoms with Gasteiger partial charge in [-0.25, -0.2) is 8.42 Å². The average Bonchev–Trinajstić information content (AvgIpc) is 2.01. The summed E-state index contributed by atoms with van der Waals surface area (Å²) in [4.78, 5) is 11.2. The van der Waals surface area contributed by atoms with E-state index in [2.05, 4.69) is 0 Å². The van der Waals surface area contributed by atoms with Crippen LogP contribution < -0.4 is 0 Å². The average molecular weight is 198 g/mol.